The normalized spacial score (nSPS) is 11.9. The molecule has 0 unspecified atom stereocenters. The number of nitrogens with one attached hydrogen (secondary N) is 1. The quantitative estimate of drug-likeness (QED) is 0.659. The van der Waals surface area contributed by atoms with E-state index in [0.717, 1.165) is 17.6 Å². The van der Waals surface area contributed by atoms with Gasteiger partial charge in [-0.1, -0.05) is 27.7 Å². The summed E-state index contributed by atoms with van der Waals surface area (Å²) < 4.78 is 0. The number of rotatable bonds is 5. The third kappa shape index (κ3) is 3.12. The number of pyridine rings is 1. The number of aromatic nitrogens is 1. The van der Waals surface area contributed by atoms with E-state index in [4.69, 9.17) is 0 Å². The summed E-state index contributed by atoms with van der Waals surface area (Å²) in [7, 11) is 0. The van der Waals surface area contributed by atoms with E-state index in [0.29, 0.717) is 11.4 Å². The molecule has 0 saturated heterocycles. The molecule has 0 aliphatic carbocycles. The summed E-state index contributed by atoms with van der Waals surface area (Å²) in [4.78, 5) is 14.8. The van der Waals surface area contributed by atoms with Gasteiger partial charge >= 0.3 is 0 Å². The number of nitro benzene ring substituents is 1. The van der Waals surface area contributed by atoms with Crippen LogP contribution < -0.4 is 5.32 Å². The molecule has 2 aromatic rings. The first-order valence-corrected chi connectivity index (χ1v) is 7.09. The highest BCUT2D eigenvalue weighted by Crippen LogP contribution is 2.32. The number of anilines is 1. The maximum atomic E-state index is 11.1. The van der Waals surface area contributed by atoms with Crippen molar-refractivity contribution in [3.8, 4) is 0 Å². The lowest BCUT2D eigenvalue weighted by atomic mass is 9.81. The van der Waals surface area contributed by atoms with Crippen LogP contribution in [0.15, 0.2) is 30.5 Å². The van der Waals surface area contributed by atoms with Crippen LogP contribution in [-0.4, -0.2) is 16.5 Å². The summed E-state index contributed by atoms with van der Waals surface area (Å²) in [5, 5.41) is 15.3. The third-order valence-electron chi connectivity index (χ3n) is 4.24. The second kappa shape index (κ2) is 5.68. The fourth-order valence-electron chi connectivity index (χ4n) is 1.99. The van der Waals surface area contributed by atoms with E-state index in [1.807, 2.05) is 6.07 Å². The molecule has 0 aliphatic rings. The fraction of sp³-hybridized carbons (Fsp3) is 0.438. The van der Waals surface area contributed by atoms with Crippen molar-refractivity contribution in [2.45, 2.75) is 27.7 Å². The minimum Gasteiger partial charge on any atom is -0.384 e. The summed E-state index contributed by atoms with van der Waals surface area (Å²) in [6.45, 7) is 9.59. The number of nitrogens with zero attached hydrogens (tertiary/aromatic N) is 2. The molecule has 0 amide bonds. The standard InChI is InChI=1S/C16H21N3O2/c1-11(2)16(3,4)10-18-13-7-8-14(19(20)21)15-12(13)6-5-9-17-15/h5-9,11,18H,10H2,1-4H3. The molecule has 2 rings (SSSR count). The Labute approximate surface area is 124 Å². The van der Waals surface area contributed by atoms with E-state index < -0.39 is 4.92 Å². The van der Waals surface area contributed by atoms with E-state index in [-0.39, 0.29) is 11.1 Å². The molecule has 0 radical (unpaired) electrons. The predicted molar refractivity (Wildman–Crippen MR) is 85.5 cm³/mol. The Kier molecular flexibility index (Phi) is 4.11. The average Bonchev–Trinajstić information content (AvgIpc) is 2.44. The predicted octanol–water partition coefficient (Wildman–Crippen LogP) is 4.24. The van der Waals surface area contributed by atoms with Crippen molar-refractivity contribution in [2.75, 3.05) is 11.9 Å². The van der Waals surface area contributed by atoms with Crippen LogP contribution in [0, 0.1) is 21.4 Å². The Bertz CT molecular complexity index is 666. The first-order chi connectivity index (χ1) is 9.83. The zero-order chi connectivity index (χ0) is 15.6. The van der Waals surface area contributed by atoms with Crippen LogP contribution in [-0.2, 0) is 0 Å². The van der Waals surface area contributed by atoms with Crippen LogP contribution in [0.3, 0.4) is 0 Å². The highest BCUT2D eigenvalue weighted by Gasteiger charge is 2.23. The second-order valence-electron chi connectivity index (χ2n) is 6.29. The largest absolute Gasteiger partial charge is 0.384 e. The maximum Gasteiger partial charge on any atom is 0.295 e. The summed E-state index contributed by atoms with van der Waals surface area (Å²) in [6.07, 6.45) is 1.58. The molecule has 112 valence electrons. The van der Waals surface area contributed by atoms with Crippen LogP contribution in [0.2, 0.25) is 0 Å². The summed E-state index contributed by atoms with van der Waals surface area (Å²) in [6, 6.07) is 6.93. The molecule has 1 aromatic heterocycles. The molecule has 0 aliphatic heterocycles. The zero-order valence-corrected chi connectivity index (χ0v) is 12.9. The molecule has 21 heavy (non-hydrogen) atoms. The molecule has 5 heteroatoms. The Morgan fingerprint density at radius 2 is 2.05 bits per heavy atom. The van der Waals surface area contributed by atoms with Gasteiger partial charge in [-0.15, -0.1) is 0 Å². The summed E-state index contributed by atoms with van der Waals surface area (Å²) in [5.41, 5.74) is 1.49. The monoisotopic (exact) mass is 287 g/mol. The Morgan fingerprint density at radius 3 is 2.67 bits per heavy atom. The van der Waals surface area contributed by atoms with Gasteiger partial charge in [-0.2, -0.15) is 0 Å². The molecule has 1 heterocycles. The Hall–Kier alpha value is -2.17. The van der Waals surface area contributed by atoms with Crippen molar-refractivity contribution in [2.24, 2.45) is 11.3 Å². The van der Waals surface area contributed by atoms with Crippen LogP contribution >= 0.6 is 0 Å². The SMILES string of the molecule is CC(C)C(C)(C)CNc1ccc([N+](=O)[O-])c2ncccc12. The molecule has 1 aromatic carbocycles. The number of hydrogen-bond acceptors (Lipinski definition) is 4. The average molecular weight is 287 g/mol. The number of fused-ring (bicyclic) bond motifs is 1. The third-order valence-corrected chi connectivity index (χ3v) is 4.24. The Morgan fingerprint density at radius 1 is 1.33 bits per heavy atom. The molecule has 0 bridgehead atoms. The first kappa shape index (κ1) is 15.2. The van der Waals surface area contributed by atoms with Gasteiger partial charge in [-0.05, 0) is 29.5 Å². The molecule has 1 N–H and O–H groups in total. The lowest BCUT2D eigenvalue weighted by molar-refractivity contribution is -0.383. The first-order valence-electron chi connectivity index (χ1n) is 7.09. The van der Waals surface area contributed by atoms with Crippen LogP contribution in [0.4, 0.5) is 11.4 Å². The fourth-order valence-corrected chi connectivity index (χ4v) is 1.99. The van der Waals surface area contributed by atoms with Crippen LogP contribution in [0.25, 0.3) is 10.9 Å². The van der Waals surface area contributed by atoms with E-state index in [1.54, 1.807) is 18.3 Å². The van der Waals surface area contributed by atoms with Crippen molar-refractivity contribution in [3.05, 3.63) is 40.6 Å². The van der Waals surface area contributed by atoms with E-state index in [9.17, 15) is 10.1 Å². The minimum atomic E-state index is -0.392. The molecule has 0 atom stereocenters. The smallest absolute Gasteiger partial charge is 0.295 e. The Balaban J connectivity index is 2.38. The lowest BCUT2D eigenvalue weighted by Crippen LogP contribution is -2.28. The van der Waals surface area contributed by atoms with Crippen LogP contribution in [0.5, 0.6) is 0 Å². The number of non-ortho nitro benzene ring substituents is 1. The summed E-state index contributed by atoms with van der Waals surface area (Å²) in [5.74, 6) is 0.535. The number of benzene rings is 1. The van der Waals surface area contributed by atoms with Crippen molar-refractivity contribution in [3.63, 3.8) is 0 Å². The van der Waals surface area contributed by atoms with Gasteiger partial charge in [0.25, 0.3) is 5.69 Å². The molecule has 5 nitrogen and oxygen atoms in total. The van der Waals surface area contributed by atoms with Crippen molar-refractivity contribution in [1.29, 1.82) is 0 Å². The van der Waals surface area contributed by atoms with Gasteiger partial charge in [0, 0.05) is 29.9 Å². The highest BCUT2D eigenvalue weighted by atomic mass is 16.6. The molecular weight excluding hydrogens is 266 g/mol. The number of hydrogen-bond donors (Lipinski definition) is 1. The second-order valence-corrected chi connectivity index (χ2v) is 6.29. The van der Waals surface area contributed by atoms with Gasteiger partial charge in [0.2, 0.25) is 0 Å². The van der Waals surface area contributed by atoms with Gasteiger partial charge < -0.3 is 5.32 Å². The topological polar surface area (TPSA) is 68.1 Å². The van der Waals surface area contributed by atoms with Crippen molar-refractivity contribution < 1.29 is 4.92 Å². The van der Waals surface area contributed by atoms with Gasteiger partial charge in [-0.25, -0.2) is 4.98 Å². The van der Waals surface area contributed by atoms with Gasteiger partial charge in [-0.3, -0.25) is 10.1 Å². The number of nitro groups is 1. The molecule has 0 saturated carbocycles. The maximum absolute atomic E-state index is 11.1. The van der Waals surface area contributed by atoms with Crippen molar-refractivity contribution in [1.82, 2.24) is 4.98 Å². The van der Waals surface area contributed by atoms with Gasteiger partial charge in [0.1, 0.15) is 5.52 Å². The highest BCUT2D eigenvalue weighted by molar-refractivity contribution is 5.96. The molecular formula is C16H21N3O2. The molecule has 0 spiro atoms. The summed E-state index contributed by atoms with van der Waals surface area (Å²) >= 11 is 0. The van der Waals surface area contributed by atoms with E-state index in [1.165, 1.54) is 6.07 Å². The minimum absolute atomic E-state index is 0.0410. The van der Waals surface area contributed by atoms with E-state index >= 15 is 0 Å². The van der Waals surface area contributed by atoms with E-state index in [2.05, 4.69) is 38.0 Å². The van der Waals surface area contributed by atoms with Gasteiger partial charge in [0.05, 0.1) is 4.92 Å². The van der Waals surface area contributed by atoms with Crippen molar-refractivity contribution >= 4 is 22.3 Å². The molecule has 0 fully saturated rings. The lowest BCUT2D eigenvalue weighted by Gasteiger charge is -2.30. The van der Waals surface area contributed by atoms with Crippen LogP contribution in [0.1, 0.15) is 27.7 Å². The van der Waals surface area contributed by atoms with Gasteiger partial charge in [0.15, 0.2) is 0 Å². The zero-order valence-electron chi connectivity index (χ0n) is 12.9.